The summed E-state index contributed by atoms with van der Waals surface area (Å²) in [5.74, 6) is 7.77. The highest BCUT2D eigenvalue weighted by molar-refractivity contribution is 4.31. The smallest absolute Gasteiger partial charge is 0.130 e. The van der Waals surface area contributed by atoms with Crippen LogP contribution in [0.3, 0.4) is 0 Å². The van der Waals surface area contributed by atoms with Crippen LogP contribution >= 0.6 is 0 Å². The van der Waals surface area contributed by atoms with Crippen molar-refractivity contribution >= 4 is 0 Å². The van der Waals surface area contributed by atoms with E-state index in [1.54, 1.807) is 14.0 Å². The molecular weight excluding hydrogens is 80.0 g/mol. The van der Waals surface area contributed by atoms with Gasteiger partial charge in [-0.3, -0.25) is 5.32 Å². The van der Waals surface area contributed by atoms with Gasteiger partial charge in [-0.05, 0) is 14.0 Å². The first-order chi connectivity index (χ1) is 2.81. The van der Waals surface area contributed by atoms with Crippen molar-refractivity contribution in [2.24, 2.45) is 0 Å². The number of hydrogen-bond donors (Lipinski definition) is 1. The maximum absolute atomic E-state index is 7.77. The van der Waals surface area contributed by atoms with Crippen LogP contribution in [0.4, 0.5) is 0 Å². The summed E-state index contributed by atoms with van der Waals surface area (Å²) in [6.07, 6.45) is -0.259. The van der Waals surface area contributed by atoms with E-state index in [9.17, 15) is 0 Å². The molecule has 0 rings (SSSR count). The molecule has 3 heteroatoms. The molecule has 0 spiro atoms. The molecule has 6 heavy (non-hydrogen) atoms. The standard InChI is InChI=1S/C3H8N2O/c1-3(5-2)6-4/h3,5H,1-2H3. The molecule has 1 N–H and O–H groups in total. The summed E-state index contributed by atoms with van der Waals surface area (Å²) in [5.41, 5.74) is 0. The summed E-state index contributed by atoms with van der Waals surface area (Å²) >= 11 is 0. The number of nitrogens with one attached hydrogen (secondary N) is 1. The molecule has 0 heterocycles. The van der Waals surface area contributed by atoms with Gasteiger partial charge in [0.1, 0.15) is 6.23 Å². The van der Waals surface area contributed by atoms with E-state index in [1.807, 2.05) is 0 Å². The molecule has 3 nitrogen and oxygen atoms in total. The van der Waals surface area contributed by atoms with Gasteiger partial charge in [0.05, 0.1) is 0 Å². The quantitative estimate of drug-likeness (QED) is 0.367. The monoisotopic (exact) mass is 88.1 g/mol. The second-order valence-electron chi connectivity index (χ2n) is 1.04. The first-order valence-electron chi connectivity index (χ1n) is 1.78. The lowest BCUT2D eigenvalue weighted by Gasteiger charge is -2.00. The minimum Gasteiger partial charge on any atom is -0.294 e. The Bertz CT molecular complexity index is 28.0. The molecule has 0 saturated heterocycles. The second kappa shape index (κ2) is 3.08. The molecule has 0 fully saturated rings. The third-order valence-corrected chi connectivity index (χ3v) is 0.565. The zero-order chi connectivity index (χ0) is 4.99. The van der Waals surface area contributed by atoms with E-state index in [-0.39, 0.29) is 6.23 Å². The Morgan fingerprint density at radius 1 is 1.83 bits per heavy atom. The lowest BCUT2D eigenvalue weighted by atomic mass is 10.7. The predicted octanol–water partition coefficient (Wildman–Crippen LogP) is -0.448. The van der Waals surface area contributed by atoms with Gasteiger partial charge in [0.15, 0.2) is 0 Å². The molecular formula is C3H8N2O. The first kappa shape index (κ1) is 5.88. The summed E-state index contributed by atoms with van der Waals surface area (Å²) in [5, 5.41) is 2.64. The number of nitrogens with zero attached hydrogens (tertiary/aromatic N) is 1. The van der Waals surface area contributed by atoms with Crippen LogP contribution < -0.4 is 11.2 Å². The van der Waals surface area contributed by atoms with Crippen molar-refractivity contribution in [1.82, 2.24) is 11.2 Å². The Balaban J connectivity index is 2.75. The topological polar surface area (TPSA) is 43.6 Å². The van der Waals surface area contributed by atoms with Crippen molar-refractivity contribution in [3.05, 3.63) is 0 Å². The van der Waals surface area contributed by atoms with Gasteiger partial charge in [0, 0.05) is 5.90 Å². The van der Waals surface area contributed by atoms with E-state index in [1.165, 1.54) is 0 Å². The van der Waals surface area contributed by atoms with Crippen LogP contribution in [0.2, 0.25) is 0 Å². The molecule has 0 amide bonds. The minimum absolute atomic E-state index is 0.259. The summed E-state index contributed by atoms with van der Waals surface area (Å²) in [4.78, 5) is 3.79. The van der Waals surface area contributed by atoms with Gasteiger partial charge in [0.25, 0.3) is 0 Å². The third-order valence-electron chi connectivity index (χ3n) is 0.565. The van der Waals surface area contributed by atoms with Crippen molar-refractivity contribution in [3.8, 4) is 0 Å². The Labute approximate surface area is 37.4 Å². The molecule has 0 aromatic rings. The van der Waals surface area contributed by atoms with Crippen LogP contribution in [0.15, 0.2) is 0 Å². The molecule has 36 valence electrons. The molecule has 0 aliphatic rings. The molecule has 0 aliphatic heterocycles. The normalized spacial score (nSPS) is 14.5. The lowest BCUT2D eigenvalue weighted by Crippen LogP contribution is -2.23. The van der Waals surface area contributed by atoms with Crippen LogP contribution in [0, 0.1) is 0 Å². The molecule has 0 bridgehead atoms. The Hall–Kier alpha value is -0.120. The molecule has 2 radical (unpaired) electrons. The maximum atomic E-state index is 7.77. The predicted molar refractivity (Wildman–Crippen MR) is 21.7 cm³/mol. The fourth-order valence-electron chi connectivity index (χ4n) is 0.0527. The van der Waals surface area contributed by atoms with Gasteiger partial charge >= 0.3 is 0 Å². The minimum atomic E-state index is -0.259. The Morgan fingerprint density at radius 2 is 2.33 bits per heavy atom. The van der Waals surface area contributed by atoms with Gasteiger partial charge in [-0.25, -0.2) is 4.84 Å². The fourth-order valence-corrected chi connectivity index (χ4v) is 0.0527. The van der Waals surface area contributed by atoms with Crippen LogP contribution in [-0.4, -0.2) is 13.3 Å². The molecule has 0 aromatic carbocycles. The highest BCUT2D eigenvalue weighted by atomic mass is 16.6. The van der Waals surface area contributed by atoms with E-state index in [4.69, 9.17) is 5.90 Å². The Kier molecular flexibility index (Phi) is 3.02. The highest BCUT2D eigenvalue weighted by Crippen LogP contribution is 1.72. The molecule has 1 unspecified atom stereocenters. The van der Waals surface area contributed by atoms with Gasteiger partial charge in [-0.15, -0.1) is 0 Å². The zero-order valence-corrected chi connectivity index (χ0v) is 3.93. The number of rotatable bonds is 2. The fraction of sp³-hybridized carbons (Fsp3) is 1.00. The first-order valence-corrected chi connectivity index (χ1v) is 1.78. The SMILES string of the molecule is CNC(C)O[N]. The molecule has 0 aliphatic carbocycles. The second-order valence-corrected chi connectivity index (χ2v) is 1.04. The summed E-state index contributed by atoms with van der Waals surface area (Å²) in [7, 11) is 1.70. The summed E-state index contributed by atoms with van der Waals surface area (Å²) < 4.78 is 0. The van der Waals surface area contributed by atoms with Gasteiger partial charge in [-0.2, -0.15) is 0 Å². The number of hydrogen-bond acceptors (Lipinski definition) is 2. The molecule has 1 atom stereocenters. The van der Waals surface area contributed by atoms with E-state index in [0.717, 1.165) is 0 Å². The summed E-state index contributed by atoms with van der Waals surface area (Å²) in [6, 6.07) is 0. The van der Waals surface area contributed by atoms with Crippen LogP contribution in [0.1, 0.15) is 6.92 Å². The molecule has 0 aromatic heterocycles. The Morgan fingerprint density at radius 3 is 2.33 bits per heavy atom. The third kappa shape index (κ3) is 2.14. The van der Waals surface area contributed by atoms with Gasteiger partial charge in [0.2, 0.25) is 0 Å². The molecule has 0 saturated carbocycles. The van der Waals surface area contributed by atoms with E-state index < -0.39 is 0 Å². The van der Waals surface area contributed by atoms with Gasteiger partial charge in [-0.1, -0.05) is 0 Å². The summed E-state index contributed by atoms with van der Waals surface area (Å²) in [6.45, 7) is 1.69. The average molecular weight is 88.1 g/mol. The van der Waals surface area contributed by atoms with E-state index in [2.05, 4.69) is 10.2 Å². The van der Waals surface area contributed by atoms with Crippen LogP contribution in [-0.2, 0) is 4.84 Å². The van der Waals surface area contributed by atoms with Crippen molar-refractivity contribution < 1.29 is 4.84 Å². The van der Waals surface area contributed by atoms with Gasteiger partial charge < -0.3 is 0 Å². The maximum Gasteiger partial charge on any atom is 0.130 e. The van der Waals surface area contributed by atoms with E-state index >= 15 is 0 Å². The van der Waals surface area contributed by atoms with Crippen LogP contribution in [0.25, 0.3) is 0 Å². The van der Waals surface area contributed by atoms with Crippen molar-refractivity contribution in [2.45, 2.75) is 13.2 Å². The lowest BCUT2D eigenvalue weighted by molar-refractivity contribution is 0.0324. The average Bonchev–Trinajstić information content (AvgIpc) is 1.65. The van der Waals surface area contributed by atoms with Crippen LogP contribution in [0.5, 0.6) is 0 Å². The van der Waals surface area contributed by atoms with Crippen molar-refractivity contribution in [3.63, 3.8) is 0 Å². The van der Waals surface area contributed by atoms with Crippen molar-refractivity contribution in [2.75, 3.05) is 7.05 Å². The highest BCUT2D eigenvalue weighted by Gasteiger charge is 1.89. The largest absolute Gasteiger partial charge is 0.294 e. The zero-order valence-electron chi connectivity index (χ0n) is 3.93. The van der Waals surface area contributed by atoms with Crippen molar-refractivity contribution in [1.29, 1.82) is 0 Å². The van der Waals surface area contributed by atoms with E-state index in [0.29, 0.717) is 0 Å².